The molecule has 194 valence electrons. The summed E-state index contributed by atoms with van der Waals surface area (Å²) in [7, 11) is 0. The van der Waals surface area contributed by atoms with E-state index in [-0.39, 0.29) is 27.2 Å². The summed E-state index contributed by atoms with van der Waals surface area (Å²) in [6.45, 7) is 26.3. The van der Waals surface area contributed by atoms with E-state index < -0.39 is 0 Å². The summed E-state index contributed by atoms with van der Waals surface area (Å²) in [5.74, 6) is 1.13. The number of allylic oxidation sites excluding steroid dienone is 1. The first-order chi connectivity index (χ1) is 17.1. The number of rotatable bonds is 2. The summed E-state index contributed by atoms with van der Waals surface area (Å²) in [6.07, 6.45) is 6.92. The maximum absolute atomic E-state index is 5.38. The summed E-state index contributed by atoms with van der Waals surface area (Å²) >= 11 is 0. The maximum atomic E-state index is 5.38. The molecule has 0 saturated carbocycles. The Labute approximate surface area is 222 Å². The van der Waals surface area contributed by atoms with E-state index in [1.54, 1.807) is 0 Å². The Morgan fingerprint density at radius 1 is 0.892 bits per heavy atom. The van der Waals surface area contributed by atoms with Crippen molar-refractivity contribution in [3.8, 4) is 0 Å². The normalized spacial score (nSPS) is 20.7. The lowest BCUT2D eigenvalue weighted by Crippen LogP contribution is -2.54. The SMILES string of the molecule is CCC1(CC)C=Cc2cccc3nc(C(C)(C)C)n4c5cc6c(cc5[n+]1c4c23)C(C)(C)C(C)(C)C6(C)C. The first-order valence-corrected chi connectivity index (χ1v) is 14.2. The maximum Gasteiger partial charge on any atom is 0.299 e. The highest BCUT2D eigenvalue weighted by Crippen LogP contribution is 2.62. The standard InChI is InChI=1S/C34H44N3/c1-12-34(13-2)18-17-21-15-14-16-24-27(21)28-36(29(35-24)30(3,4)5)25-19-22-23(20-26(25)37(28)34)32(8,9)33(10,11)31(22,6)7/h14-20H,12-13H2,1-11H3/q+1. The van der Waals surface area contributed by atoms with E-state index in [1.807, 2.05) is 0 Å². The third-order valence-electron chi connectivity index (χ3n) is 11.1. The highest BCUT2D eigenvalue weighted by Gasteiger charge is 2.57. The lowest BCUT2D eigenvalue weighted by atomic mass is 9.59. The van der Waals surface area contributed by atoms with Crippen molar-refractivity contribution in [2.24, 2.45) is 5.41 Å². The predicted molar refractivity (Wildman–Crippen MR) is 157 cm³/mol. The molecule has 0 bridgehead atoms. The van der Waals surface area contributed by atoms with E-state index >= 15 is 0 Å². The van der Waals surface area contributed by atoms with Gasteiger partial charge in [-0.1, -0.05) is 94.4 Å². The fourth-order valence-corrected chi connectivity index (χ4v) is 7.46. The van der Waals surface area contributed by atoms with Gasteiger partial charge >= 0.3 is 0 Å². The predicted octanol–water partition coefficient (Wildman–Crippen LogP) is 8.36. The highest BCUT2D eigenvalue weighted by molar-refractivity contribution is 6.00. The van der Waals surface area contributed by atoms with Gasteiger partial charge in [-0.25, -0.2) is 9.55 Å². The van der Waals surface area contributed by atoms with E-state index in [4.69, 9.17) is 4.98 Å². The molecule has 0 amide bonds. The van der Waals surface area contributed by atoms with Gasteiger partial charge in [-0.05, 0) is 70.1 Å². The van der Waals surface area contributed by atoms with Gasteiger partial charge in [0.2, 0.25) is 5.82 Å². The molecule has 2 aromatic carbocycles. The zero-order valence-electron chi connectivity index (χ0n) is 24.8. The van der Waals surface area contributed by atoms with Crippen molar-refractivity contribution >= 4 is 33.7 Å². The Morgan fingerprint density at radius 3 is 2.11 bits per heavy atom. The third-order valence-corrected chi connectivity index (χ3v) is 11.1. The second-order valence-electron chi connectivity index (χ2n) is 14.3. The second kappa shape index (κ2) is 7.04. The van der Waals surface area contributed by atoms with Gasteiger partial charge in [0, 0.05) is 5.41 Å². The molecule has 2 aromatic heterocycles. The minimum absolute atomic E-state index is 0.0515. The second-order valence-corrected chi connectivity index (χ2v) is 14.3. The molecule has 0 N–H and O–H groups in total. The summed E-state index contributed by atoms with van der Waals surface area (Å²) in [5.41, 5.74) is 9.30. The Morgan fingerprint density at radius 2 is 1.51 bits per heavy atom. The monoisotopic (exact) mass is 494 g/mol. The Bertz CT molecular complexity index is 1650. The molecule has 3 heterocycles. The summed E-state index contributed by atoms with van der Waals surface area (Å²) < 4.78 is 5.23. The van der Waals surface area contributed by atoms with Gasteiger partial charge in [0.05, 0.1) is 10.9 Å². The van der Waals surface area contributed by atoms with Crippen LogP contribution in [0.1, 0.15) is 112 Å². The number of imidazole rings is 1. The molecule has 6 rings (SSSR count). The Kier molecular flexibility index (Phi) is 4.69. The smallest absolute Gasteiger partial charge is 0.213 e. The van der Waals surface area contributed by atoms with Crippen molar-refractivity contribution < 1.29 is 4.57 Å². The van der Waals surface area contributed by atoms with Gasteiger partial charge < -0.3 is 0 Å². The summed E-state index contributed by atoms with van der Waals surface area (Å²) in [6, 6.07) is 11.7. The molecule has 1 aliphatic heterocycles. The van der Waals surface area contributed by atoms with Crippen molar-refractivity contribution in [3.05, 3.63) is 58.9 Å². The van der Waals surface area contributed by atoms with Crippen molar-refractivity contribution in [2.75, 3.05) is 0 Å². The van der Waals surface area contributed by atoms with Crippen LogP contribution in [-0.2, 0) is 21.8 Å². The molecule has 0 spiro atoms. The minimum Gasteiger partial charge on any atom is -0.213 e. The van der Waals surface area contributed by atoms with E-state index in [1.165, 1.54) is 38.8 Å². The number of fused-ring (bicyclic) bond motifs is 4. The molecule has 1 aliphatic carbocycles. The number of hydrogen-bond acceptors (Lipinski definition) is 1. The number of nitrogens with zero attached hydrogens (tertiary/aromatic N) is 3. The third kappa shape index (κ3) is 2.73. The largest absolute Gasteiger partial charge is 0.299 e. The first kappa shape index (κ1) is 24.6. The molecule has 0 fully saturated rings. The quantitative estimate of drug-likeness (QED) is 0.256. The van der Waals surface area contributed by atoms with Crippen LogP contribution < -0.4 is 4.57 Å². The van der Waals surface area contributed by atoms with Gasteiger partial charge in [-0.2, -0.15) is 4.40 Å². The summed E-state index contributed by atoms with van der Waals surface area (Å²) in [4.78, 5) is 5.38. The minimum atomic E-state index is -0.109. The van der Waals surface area contributed by atoms with Gasteiger partial charge in [-0.15, -0.1) is 0 Å². The lowest BCUT2D eigenvalue weighted by Gasteiger charge is -2.44. The van der Waals surface area contributed by atoms with Gasteiger partial charge in [0.1, 0.15) is 5.54 Å². The van der Waals surface area contributed by atoms with Crippen LogP contribution >= 0.6 is 0 Å². The van der Waals surface area contributed by atoms with Crippen LogP contribution in [0.15, 0.2) is 36.4 Å². The van der Waals surface area contributed by atoms with Crippen molar-refractivity contribution in [1.29, 1.82) is 0 Å². The Balaban J connectivity index is 1.95. The van der Waals surface area contributed by atoms with Crippen LogP contribution in [0.3, 0.4) is 0 Å². The molecule has 0 radical (unpaired) electrons. The van der Waals surface area contributed by atoms with E-state index in [9.17, 15) is 0 Å². The molecule has 0 saturated heterocycles. The average molecular weight is 495 g/mol. The number of hydrogen-bond donors (Lipinski definition) is 0. The zero-order valence-corrected chi connectivity index (χ0v) is 24.8. The molecule has 0 atom stereocenters. The molecule has 4 aromatic rings. The van der Waals surface area contributed by atoms with Crippen molar-refractivity contribution in [3.63, 3.8) is 0 Å². The van der Waals surface area contributed by atoms with Crippen molar-refractivity contribution in [2.45, 2.75) is 111 Å². The van der Waals surface area contributed by atoms with Crippen LogP contribution in [0.25, 0.3) is 33.7 Å². The van der Waals surface area contributed by atoms with Crippen LogP contribution in [0.2, 0.25) is 0 Å². The van der Waals surface area contributed by atoms with Crippen LogP contribution in [0.5, 0.6) is 0 Å². The van der Waals surface area contributed by atoms with Crippen LogP contribution in [-0.4, -0.2) is 9.38 Å². The fraction of sp³-hybridized carbons (Fsp3) is 0.529. The highest BCUT2D eigenvalue weighted by atomic mass is 15.2. The van der Waals surface area contributed by atoms with Crippen LogP contribution in [0, 0.1) is 5.41 Å². The fourth-order valence-electron chi connectivity index (χ4n) is 7.46. The molecule has 37 heavy (non-hydrogen) atoms. The van der Waals surface area contributed by atoms with Crippen LogP contribution in [0.4, 0.5) is 0 Å². The van der Waals surface area contributed by atoms with E-state index in [0.29, 0.717) is 0 Å². The topological polar surface area (TPSA) is 21.2 Å². The molecular weight excluding hydrogens is 450 g/mol. The molecule has 3 nitrogen and oxygen atoms in total. The lowest BCUT2D eigenvalue weighted by molar-refractivity contribution is -0.706. The number of benzene rings is 2. The van der Waals surface area contributed by atoms with Gasteiger partial charge in [0.25, 0.3) is 5.65 Å². The van der Waals surface area contributed by atoms with E-state index in [2.05, 4.69) is 128 Å². The van der Waals surface area contributed by atoms with Gasteiger partial charge in [-0.3, -0.25) is 0 Å². The molecule has 0 unspecified atom stereocenters. The molecule has 2 aliphatic rings. The average Bonchev–Trinajstić information content (AvgIpc) is 3.14. The Hall–Kier alpha value is -2.68. The van der Waals surface area contributed by atoms with E-state index in [0.717, 1.165) is 24.2 Å². The first-order valence-electron chi connectivity index (χ1n) is 14.2. The molecule has 3 heteroatoms. The van der Waals surface area contributed by atoms with Crippen molar-refractivity contribution in [1.82, 2.24) is 9.38 Å². The summed E-state index contributed by atoms with van der Waals surface area (Å²) in [5, 5.41) is 1.27. The molecular formula is C34H44N3+. The number of aromatic nitrogens is 3. The zero-order chi connectivity index (χ0) is 26.9. The van der Waals surface area contributed by atoms with Gasteiger partial charge in [0.15, 0.2) is 11.0 Å².